The molecule has 0 saturated carbocycles. The maximum atomic E-state index is 13.6. The Kier molecular flexibility index (Phi) is 6.20. The van der Waals surface area contributed by atoms with Gasteiger partial charge >= 0.3 is 0 Å². The molecule has 0 spiro atoms. The highest BCUT2D eigenvalue weighted by Crippen LogP contribution is 2.29. The van der Waals surface area contributed by atoms with Crippen molar-refractivity contribution >= 4 is 22.9 Å². The normalized spacial score (nSPS) is 16.4. The van der Waals surface area contributed by atoms with Crippen LogP contribution in [0.2, 0.25) is 5.02 Å². The van der Waals surface area contributed by atoms with E-state index in [1.165, 1.54) is 5.56 Å². The highest BCUT2D eigenvalue weighted by Gasteiger charge is 2.25. The van der Waals surface area contributed by atoms with Crippen molar-refractivity contribution in [2.75, 3.05) is 18.0 Å². The quantitative estimate of drug-likeness (QED) is 0.472. The fourth-order valence-corrected chi connectivity index (χ4v) is 4.86. The molecule has 4 aromatic rings. The van der Waals surface area contributed by atoms with E-state index < -0.39 is 0 Å². The van der Waals surface area contributed by atoms with E-state index in [9.17, 15) is 4.79 Å². The summed E-state index contributed by atoms with van der Waals surface area (Å²) in [6, 6.07) is 18.1. The molecule has 6 nitrogen and oxygen atoms in total. The van der Waals surface area contributed by atoms with Gasteiger partial charge in [0.1, 0.15) is 5.52 Å². The topological polar surface area (TPSA) is 68.6 Å². The minimum Gasteiger partial charge on any atom is -0.353 e. The first-order valence-corrected chi connectivity index (χ1v) is 11.9. The molecule has 1 fully saturated rings. The Morgan fingerprint density at radius 2 is 1.85 bits per heavy atom. The summed E-state index contributed by atoms with van der Waals surface area (Å²) in [7, 11) is 0. The van der Waals surface area contributed by atoms with E-state index in [4.69, 9.17) is 22.4 Å². The average Bonchev–Trinajstić information content (AvgIpc) is 3.20. The first-order chi connectivity index (χ1) is 16.1. The molecule has 0 radical (unpaired) electrons. The monoisotopic (exact) mass is 461 g/mol. The summed E-state index contributed by atoms with van der Waals surface area (Å²) >= 11 is 6.50. The molecule has 1 aliphatic heterocycles. The van der Waals surface area contributed by atoms with E-state index in [1.807, 2.05) is 54.9 Å². The van der Waals surface area contributed by atoms with Gasteiger partial charge in [-0.2, -0.15) is 0 Å². The van der Waals surface area contributed by atoms with Crippen LogP contribution < -0.4 is 16.2 Å². The molecular weight excluding hydrogens is 434 g/mol. The van der Waals surface area contributed by atoms with Gasteiger partial charge in [0.25, 0.3) is 5.56 Å². The van der Waals surface area contributed by atoms with Gasteiger partial charge in [-0.3, -0.25) is 4.79 Å². The Morgan fingerprint density at radius 1 is 1.06 bits per heavy atom. The van der Waals surface area contributed by atoms with Gasteiger partial charge in [0, 0.05) is 55.1 Å². The third kappa shape index (κ3) is 4.54. The Bertz CT molecular complexity index is 1310. The van der Waals surface area contributed by atoms with Gasteiger partial charge in [0.2, 0.25) is 0 Å². The maximum Gasteiger partial charge on any atom is 0.276 e. The number of piperidine rings is 1. The summed E-state index contributed by atoms with van der Waals surface area (Å²) in [5.41, 5.74) is 9.95. The number of anilines is 1. The van der Waals surface area contributed by atoms with Crippen LogP contribution >= 0.6 is 11.6 Å². The Morgan fingerprint density at radius 3 is 2.64 bits per heavy atom. The minimum absolute atomic E-state index is 0.0319. The first kappa shape index (κ1) is 21.7. The summed E-state index contributed by atoms with van der Waals surface area (Å²) < 4.78 is 3.51. The number of halogens is 1. The standard InChI is InChI=1S/C26H28ClN5O/c27-23-11-5-4-9-20(23)17-22-24-26(33)30(14-12-19-7-2-1-3-8-19)15-16-32(24)29-25(22)31-13-6-10-21(28)18-31/h1-5,7-9,11,15-16,21H,6,10,12-14,17-18,28H2/t21-/m1/s1. The smallest absolute Gasteiger partial charge is 0.276 e. The van der Waals surface area contributed by atoms with Crippen molar-refractivity contribution in [2.45, 2.75) is 38.3 Å². The fourth-order valence-electron chi connectivity index (χ4n) is 4.66. The van der Waals surface area contributed by atoms with Gasteiger partial charge < -0.3 is 15.2 Å². The van der Waals surface area contributed by atoms with Crippen molar-refractivity contribution in [2.24, 2.45) is 5.73 Å². The van der Waals surface area contributed by atoms with Gasteiger partial charge in [-0.25, -0.2) is 4.52 Å². The molecule has 1 saturated heterocycles. The molecular formula is C26H28ClN5O. The number of nitrogens with two attached hydrogens (primary N) is 1. The van der Waals surface area contributed by atoms with Crippen molar-refractivity contribution in [3.8, 4) is 0 Å². The van der Waals surface area contributed by atoms with Crippen LogP contribution in [0.3, 0.4) is 0 Å². The molecule has 2 aromatic heterocycles. The fraction of sp³-hybridized carbons (Fsp3) is 0.308. The second-order valence-electron chi connectivity index (χ2n) is 8.74. The Labute approximate surface area is 198 Å². The molecule has 0 aliphatic carbocycles. The molecule has 1 atom stereocenters. The predicted octanol–water partition coefficient (Wildman–Crippen LogP) is 3.91. The van der Waals surface area contributed by atoms with Crippen LogP contribution in [0, 0.1) is 0 Å². The number of hydrogen-bond acceptors (Lipinski definition) is 4. The average molecular weight is 462 g/mol. The highest BCUT2D eigenvalue weighted by molar-refractivity contribution is 6.31. The van der Waals surface area contributed by atoms with Crippen molar-refractivity contribution in [1.29, 1.82) is 0 Å². The van der Waals surface area contributed by atoms with E-state index >= 15 is 0 Å². The lowest BCUT2D eigenvalue weighted by molar-refractivity contribution is 0.502. The van der Waals surface area contributed by atoms with E-state index in [2.05, 4.69) is 17.0 Å². The Balaban J connectivity index is 1.58. The van der Waals surface area contributed by atoms with E-state index in [1.54, 1.807) is 9.08 Å². The molecule has 2 N–H and O–H groups in total. The van der Waals surface area contributed by atoms with Gasteiger partial charge in [-0.1, -0.05) is 60.1 Å². The zero-order chi connectivity index (χ0) is 22.8. The number of aromatic nitrogens is 3. The van der Waals surface area contributed by atoms with Crippen LogP contribution in [-0.2, 0) is 19.4 Å². The third-order valence-electron chi connectivity index (χ3n) is 6.41. The van der Waals surface area contributed by atoms with Gasteiger partial charge in [0.05, 0.1) is 0 Å². The molecule has 1 aliphatic rings. The van der Waals surface area contributed by atoms with Crippen LogP contribution in [0.4, 0.5) is 5.82 Å². The van der Waals surface area contributed by atoms with Crippen molar-refractivity contribution in [1.82, 2.24) is 14.2 Å². The highest BCUT2D eigenvalue weighted by atomic mass is 35.5. The number of benzene rings is 2. The lowest BCUT2D eigenvalue weighted by Crippen LogP contribution is -2.43. The summed E-state index contributed by atoms with van der Waals surface area (Å²) in [6.07, 6.45) is 7.07. The van der Waals surface area contributed by atoms with Gasteiger partial charge in [-0.15, -0.1) is 5.10 Å². The summed E-state index contributed by atoms with van der Waals surface area (Å²) in [5.74, 6) is 0.836. The SMILES string of the molecule is N[C@@H]1CCCN(c2nn3ccn(CCc4ccccc4)c(=O)c3c2Cc2ccccc2Cl)C1. The summed E-state index contributed by atoms with van der Waals surface area (Å²) in [6.45, 7) is 2.23. The molecule has 2 aromatic carbocycles. The van der Waals surface area contributed by atoms with Crippen molar-refractivity contribution in [3.05, 3.63) is 99.1 Å². The molecule has 5 rings (SSSR count). The van der Waals surface area contributed by atoms with Gasteiger partial charge in [-0.05, 0) is 36.5 Å². The molecule has 33 heavy (non-hydrogen) atoms. The lowest BCUT2D eigenvalue weighted by Gasteiger charge is -2.31. The van der Waals surface area contributed by atoms with Crippen molar-refractivity contribution < 1.29 is 0 Å². The van der Waals surface area contributed by atoms with E-state index in [0.29, 0.717) is 23.5 Å². The zero-order valence-corrected chi connectivity index (χ0v) is 19.3. The van der Waals surface area contributed by atoms with Crippen LogP contribution in [0.25, 0.3) is 5.52 Å². The molecule has 3 heterocycles. The van der Waals surface area contributed by atoms with Gasteiger partial charge in [0.15, 0.2) is 5.82 Å². The van der Waals surface area contributed by atoms with Crippen LogP contribution in [-0.4, -0.2) is 33.3 Å². The van der Waals surface area contributed by atoms with Crippen molar-refractivity contribution in [3.63, 3.8) is 0 Å². The number of aryl methyl sites for hydroxylation is 2. The second-order valence-corrected chi connectivity index (χ2v) is 9.15. The minimum atomic E-state index is -0.0319. The lowest BCUT2D eigenvalue weighted by atomic mass is 10.0. The maximum absolute atomic E-state index is 13.6. The number of rotatable bonds is 6. The summed E-state index contributed by atoms with van der Waals surface area (Å²) in [4.78, 5) is 15.9. The van der Waals surface area contributed by atoms with Crippen LogP contribution in [0.5, 0.6) is 0 Å². The first-order valence-electron chi connectivity index (χ1n) is 11.5. The second kappa shape index (κ2) is 9.41. The van der Waals surface area contributed by atoms with Crippen LogP contribution in [0.1, 0.15) is 29.5 Å². The third-order valence-corrected chi connectivity index (χ3v) is 6.77. The number of nitrogens with zero attached hydrogens (tertiary/aromatic N) is 4. The molecule has 0 amide bonds. The summed E-state index contributed by atoms with van der Waals surface area (Å²) in [5, 5.41) is 5.54. The van der Waals surface area contributed by atoms with Crippen LogP contribution in [0.15, 0.2) is 71.8 Å². The molecule has 0 unspecified atom stereocenters. The number of hydrogen-bond donors (Lipinski definition) is 1. The zero-order valence-electron chi connectivity index (χ0n) is 18.5. The largest absolute Gasteiger partial charge is 0.353 e. The molecule has 0 bridgehead atoms. The van der Waals surface area contributed by atoms with E-state index in [-0.39, 0.29) is 11.6 Å². The van der Waals surface area contributed by atoms with E-state index in [0.717, 1.165) is 49.3 Å². The molecule has 7 heteroatoms. The number of fused-ring (bicyclic) bond motifs is 1. The molecule has 170 valence electrons. The Hall–Kier alpha value is -3.09. The predicted molar refractivity (Wildman–Crippen MR) is 133 cm³/mol.